The van der Waals surface area contributed by atoms with Crippen molar-refractivity contribution >= 4 is 40.5 Å². The van der Waals surface area contributed by atoms with Crippen LogP contribution in [0.1, 0.15) is 5.56 Å². The van der Waals surface area contributed by atoms with Gasteiger partial charge in [-0.25, -0.2) is 9.97 Å². The van der Waals surface area contributed by atoms with Gasteiger partial charge in [-0.3, -0.25) is 4.98 Å². The highest BCUT2D eigenvalue weighted by Crippen LogP contribution is 2.25. The molecule has 0 spiro atoms. The van der Waals surface area contributed by atoms with Crippen LogP contribution in [-0.4, -0.2) is 15.0 Å². The van der Waals surface area contributed by atoms with Gasteiger partial charge in [0.25, 0.3) is 0 Å². The Morgan fingerprint density at radius 2 is 1.57 bits per heavy atom. The fraction of sp³-hybridized carbons (Fsp3) is 0.0625. The maximum atomic E-state index is 5.99. The van der Waals surface area contributed by atoms with Crippen LogP contribution in [-0.2, 0) is 6.54 Å². The van der Waals surface area contributed by atoms with Crippen LogP contribution in [0.25, 0.3) is 0 Å². The minimum absolute atomic E-state index is 0.560. The van der Waals surface area contributed by atoms with E-state index in [2.05, 4.69) is 25.6 Å². The number of hydrogen-bond acceptors (Lipinski definition) is 5. The normalized spacial score (nSPS) is 10.3. The predicted molar refractivity (Wildman–Crippen MR) is 93.3 cm³/mol. The summed E-state index contributed by atoms with van der Waals surface area (Å²) in [6.45, 7) is 0.655. The van der Waals surface area contributed by atoms with Crippen molar-refractivity contribution < 1.29 is 0 Å². The number of hydrogen-bond donors (Lipinski definition) is 2. The molecule has 0 fully saturated rings. The third-order valence-electron chi connectivity index (χ3n) is 3.03. The minimum Gasteiger partial charge on any atom is -0.366 e. The zero-order valence-corrected chi connectivity index (χ0v) is 13.5. The fourth-order valence-corrected chi connectivity index (χ4v) is 2.52. The van der Waals surface area contributed by atoms with Gasteiger partial charge in [0.1, 0.15) is 18.0 Å². The largest absolute Gasteiger partial charge is 0.366 e. The smallest absolute Gasteiger partial charge is 0.135 e. The molecule has 7 heteroatoms. The average Bonchev–Trinajstić information content (AvgIpc) is 2.53. The fourth-order valence-electron chi connectivity index (χ4n) is 1.99. The lowest BCUT2D eigenvalue weighted by Crippen LogP contribution is -2.03. The van der Waals surface area contributed by atoms with E-state index in [0.29, 0.717) is 28.2 Å². The Kier molecular flexibility index (Phi) is 4.90. The number of nitrogens with one attached hydrogen (secondary N) is 2. The first-order valence-corrected chi connectivity index (χ1v) is 7.62. The van der Waals surface area contributed by atoms with E-state index in [9.17, 15) is 0 Å². The molecule has 0 amide bonds. The van der Waals surface area contributed by atoms with E-state index in [4.69, 9.17) is 23.2 Å². The second kappa shape index (κ2) is 7.26. The molecule has 0 aliphatic carbocycles. The Morgan fingerprint density at radius 3 is 2.30 bits per heavy atom. The van der Waals surface area contributed by atoms with Gasteiger partial charge >= 0.3 is 0 Å². The van der Waals surface area contributed by atoms with Gasteiger partial charge < -0.3 is 10.6 Å². The zero-order valence-electron chi connectivity index (χ0n) is 12.0. The van der Waals surface area contributed by atoms with Crippen molar-refractivity contribution in [3.63, 3.8) is 0 Å². The van der Waals surface area contributed by atoms with E-state index in [1.807, 2.05) is 18.2 Å². The van der Waals surface area contributed by atoms with Gasteiger partial charge in [-0.15, -0.1) is 0 Å². The van der Waals surface area contributed by atoms with Gasteiger partial charge in [0.05, 0.1) is 0 Å². The monoisotopic (exact) mass is 345 g/mol. The quantitative estimate of drug-likeness (QED) is 0.710. The SMILES string of the molecule is Clc1cc(Cl)cc(Nc2cc(NCc3ccncc3)ncn2)c1. The van der Waals surface area contributed by atoms with Crippen LogP contribution in [0.5, 0.6) is 0 Å². The highest BCUT2D eigenvalue weighted by Gasteiger charge is 2.02. The molecule has 0 aliphatic heterocycles. The standard InChI is InChI=1S/C16H13Cl2N5/c17-12-5-13(18)7-14(6-12)23-16-8-15(21-10-22-16)20-9-11-1-3-19-4-2-11/h1-8,10H,9H2,(H2,20,21,22,23). The molecule has 0 saturated carbocycles. The molecular weight excluding hydrogens is 333 g/mol. The molecule has 2 heterocycles. The summed E-state index contributed by atoms with van der Waals surface area (Å²) < 4.78 is 0. The van der Waals surface area contributed by atoms with E-state index < -0.39 is 0 Å². The van der Waals surface area contributed by atoms with E-state index in [1.54, 1.807) is 30.6 Å². The Bertz CT molecular complexity index is 775. The van der Waals surface area contributed by atoms with Gasteiger partial charge in [0, 0.05) is 40.7 Å². The molecule has 23 heavy (non-hydrogen) atoms. The summed E-state index contributed by atoms with van der Waals surface area (Å²) in [5.41, 5.74) is 1.89. The van der Waals surface area contributed by atoms with Crippen molar-refractivity contribution in [1.29, 1.82) is 0 Å². The molecule has 0 unspecified atom stereocenters. The molecule has 2 aromatic heterocycles. The van der Waals surface area contributed by atoms with Crippen LogP contribution in [0.2, 0.25) is 10.0 Å². The van der Waals surface area contributed by atoms with Crippen LogP contribution >= 0.6 is 23.2 Å². The Labute approximate surface area is 143 Å². The topological polar surface area (TPSA) is 62.7 Å². The van der Waals surface area contributed by atoms with Crippen LogP contribution < -0.4 is 10.6 Å². The minimum atomic E-state index is 0.560. The van der Waals surface area contributed by atoms with Crippen LogP contribution in [0.4, 0.5) is 17.3 Å². The lowest BCUT2D eigenvalue weighted by molar-refractivity contribution is 1.07. The molecule has 5 nitrogen and oxygen atoms in total. The Hall–Kier alpha value is -2.37. The van der Waals surface area contributed by atoms with Crippen molar-refractivity contribution in [2.24, 2.45) is 0 Å². The lowest BCUT2D eigenvalue weighted by atomic mass is 10.3. The first-order chi connectivity index (χ1) is 11.2. The predicted octanol–water partition coefficient (Wildman–Crippen LogP) is 4.53. The summed E-state index contributed by atoms with van der Waals surface area (Å²) in [7, 11) is 0. The van der Waals surface area contributed by atoms with E-state index in [0.717, 1.165) is 11.3 Å². The maximum absolute atomic E-state index is 5.99. The second-order valence-electron chi connectivity index (χ2n) is 4.78. The number of halogens is 2. The third-order valence-corrected chi connectivity index (χ3v) is 3.46. The van der Waals surface area contributed by atoms with Crippen molar-refractivity contribution in [3.8, 4) is 0 Å². The van der Waals surface area contributed by atoms with Gasteiger partial charge in [0.15, 0.2) is 0 Å². The Morgan fingerprint density at radius 1 is 0.870 bits per heavy atom. The van der Waals surface area contributed by atoms with Crippen LogP contribution in [0.15, 0.2) is 55.1 Å². The molecule has 3 aromatic rings. The second-order valence-corrected chi connectivity index (χ2v) is 5.65. The average molecular weight is 346 g/mol. The molecular formula is C16H13Cl2N5. The number of anilines is 3. The summed E-state index contributed by atoms with van der Waals surface area (Å²) in [5, 5.41) is 7.51. The van der Waals surface area contributed by atoms with Crippen molar-refractivity contribution in [2.75, 3.05) is 10.6 Å². The van der Waals surface area contributed by atoms with Gasteiger partial charge in [-0.1, -0.05) is 23.2 Å². The molecule has 0 radical (unpaired) electrons. The number of pyridine rings is 1. The van der Waals surface area contributed by atoms with E-state index >= 15 is 0 Å². The number of benzene rings is 1. The maximum Gasteiger partial charge on any atom is 0.135 e. The van der Waals surface area contributed by atoms with E-state index in [1.165, 1.54) is 6.33 Å². The molecule has 1 aromatic carbocycles. The van der Waals surface area contributed by atoms with Gasteiger partial charge in [-0.2, -0.15) is 0 Å². The first kappa shape index (κ1) is 15.5. The highest BCUT2D eigenvalue weighted by molar-refractivity contribution is 6.35. The molecule has 2 N–H and O–H groups in total. The van der Waals surface area contributed by atoms with Gasteiger partial charge in [-0.05, 0) is 35.9 Å². The first-order valence-electron chi connectivity index (χ1n) is 6.87. The number of nitrogens with zero attached hydrogens (tertiary/aromatic N) is 3. The summed E-state index contributed by atoms with van der Waals surface area (Å²) >= 11 is 12.0. The number of rotatable bonds is 5. The van der Waals surface area contributed by atoms with Crippen molar-refractivity contribution in [2.45, 2.75) is 6.54 Å². The summed E-state index contributed by atoms with van der Waals surface area (Å²) in [6, 6.07) is 10.9. The molecule has 116 valence electrons. The zero-order chi connectivity index (χ0) is 16.1. The van der Waals surface area contributed by atoms with Crippen molar-refractivity contribution in [1.82, 2.24) is 15.0 Å². The van der Waals surface area contributed by atoms with Gasteiger partial charge in [0.2, 0.25) is 0 Å². The molecule has 3 rings (SSSR count). The third kappa shape index (κ3) is 4.55. The molecule has 0 bridgehead atoms. The summed E-state index contributed by atoms with van der Waals surface area (Å²) in [5.74, 6) is 1.36. The van der Waals surface area contributed by atoms with Crippen LogP contribution in [0, 0.1) is 0 Å². The van der Waals surface area contributed by atoms with E-state index in [-0.39, 0.29) is 0 Å². The highest BCUT2D eigenvalue weighted by atomic mass is 35.5. The number of aromatic nitrogens is 3. The molecule has 0 saturated heterocycles. The molecule has 0 aliphatic rings. The lowest BCUT2D eigenvalue weighted by Gasteiger charge is -2.09. The Balaban J connectivity index is 1.69. The summed E-state index contributed by atoms with van der Waals surface area (Å²) in [4.78, 5) is 12.4. The summed E-state index contributed by atoms with van der Waals surface area (Å²) in [6.07, 6.45) is 5.00. The van der Waals surface area contributed by atoms with Crippen molar-refractivity contribution in [3.05, 3.63) is 70.7 Å². The molecule has 0 atom stereocenters. The van der Waals surface area contributed by atoms with Crippen LogP contribution in [0.3, 0.4) is 0 Å².